The lowest BCUT2D eigenvalue weighted by Gasteiger charge is -2.27. The lowest BCUT2D eigenvalue weighted by atomic mass is 9.93. The molecule has 3 heteroatoms. The van der Waals surface area contributed by atoms with Crippen LogP contribution in [0.15, 0.2) is 18.2 Å². The smallest absolute Gasteiger partial charge is 0.126 e. The first-order valence-electron chi connectivity index (χ1n) is 5.66. The molecule has 16 heavy (non-hydrogen) atoms. The molecule has 1 heterocycles. The summed E-state index contributed by atoms with van der Waals surface area (Å²) in [6, 6.07) is 5.32. The fraction of sp³-hybridized carbons (Fsp3) is 0.538. The Labute approximate surface area is 104 Å². The van der Waals surface area contributed by atoms with E-state index in [0.29, 0.717) is 11.5 Å². The Bertz CT molecular complexity index is 361. The molecule has 1 aliphatic heterocycles. The molecule has 1 aromatic carbocycles. The molecule has 0 radical (unpaired) electrons. The van der Waals surface area contributed by atoms with Crippen molar-refractivity contribution in [2.45, 2.75) is 24.6 Å². The van der Waals surface area contributed by atoms with Gasteiger partial charge in [-0.2, -0.15) is 0 Å². The summed E-state index contributed by atoms with van der Waals surface area (Å²) in [6.07, 6.45) is 2.29. The van der Waals surface area contributed by atoms with Gasteiger partial charge in [-0.15, -0.1) is 0 Å². The van der Waals surface area contributed by atoms with Gasteiger partial charge < -0.3 is 4.74 Å². The minimum absolute atomic E-state index is 0.136. The minimum atomic E-state index is -0.136. The Morgan fingerprint density at radius 3 is 2.94 bits per heavy atom. The molecule has 0 spiro atoms. The molecule has 1 aliphatic rings. The third kappa shape index (κ3) is 2.64. The number of hydrogen-bond acceptors (Lipinski definition) is 1. The first-order chi connectivity index (χ1) is 7.68. The lowest BCUT2D eigenvalue weighted by Crippen LogP contribution is -2.21. The van der Waals surface area contributed by atoms with E-state index < -0.39 is 0 Å². The van der Waals surface area contributed by atoms with Gasteiger partial charge in [0.25, 0.3) is 0 Å². The van der Waals surface area contributed by atoms with Crippen molar-refractivity contribution in [3.63, 3.8) is 0 Å². The zero-order valence-electron chi connectivity index (χ0n) is 9.38. The standard InChI is InChI=1S/C13H16BrFO/c1-9-7-10(4-5-12(9)15)13(14)11-3-2-6-16-8-11/h4-5,7,11,13H,2-3,6,8H2,1H3. The van der Waals surface area contributed by atoms with Crippen molar-refractivity contribution >= 4 is 15.9 Å². The highest BCUT2D eigenvalue weighted by Crippen LogP contribution is 2.36. The van der Waals surface area contributed by atoms with E-state index in [1.165, 1.54) is 6.42 Å². The monoisotopic (exact) mass is 286 g/mol. The molecule has 0 aromatic heterocycles. The van der Waals surface area contributed by atoms with Gasteiger partial charge in [-0.1, -0.05) is 28.1 Å². The third-order valence-electron chi connectivity index (χ3n) is 3.11. The molecule has 0 saturated carbocycles. The van der Waals surface area contributed by atoms with E-state index >= 15 is 0 Å². The van der Waals surface area contributed by atoms with E-state index in [0.717, 1.165) is 25.2 Å². The van der Waals surface area contributed by atoms with Crippen LogP contribution in [0.2, 0.25) is 0 Å². The Hall–Kier alpha value is -0.410. The fourth-order valence-corrected chi connectivity index (χ4v) is 2.81. The van der Waals surface area contributed by atoms with Gasteiger partial charge in [-0.25, -0.2) is 4.39 Å². The zero-order valence-corrected chi connectivity index (χ0v) is 11.0. The van der Waals surface area contributed by atoms with Crippen LogP contribution >= 0.6 is 15.9 Å². The summed E-state index contributed by atoms with van der Waals surface area (Å²) in [5.74, 6) is 0.363. The summed E-state index contributed by atoms with van der Waals surface area (Å²) in [5.41, 5.74) is 1.85. The Morgan fingerprint density at radius 2 is 2.31 bits per heavy atom. The molecule has 0 amide bonds. The molecule has 0 N–H and O–H groups in total. The maximum atomic E-state index is 13.2. The molecular formula is C13H16BrFO. The van der Waals surface area contributed by atoms with Crippen LogP contribution in [0.5, 0.6) is 0 Å². The molecule has 2 rings (SSSR count). The van der Waals surface area contributed by atoms with Crippen molar-refractivity contribution in [2.24, 2.45) is 5.92 Å². The normalized spacial score (nSPS) is 23.1. The van der Waals surface area contributed by atoms with Crippen LogP contribution in [0.4, 0.5) is 4.39 Å². The van der Waals surface area contributed by atoms with Gasteiger partial charge in [0.2, 0.25) is 0 Å². The van der Waals surface area contributed by atoms with E-state index in [-0.39, 0.29) is 10.6 Å². The second-order valence-corrected chi connectivity index (χ2v) is 5.37. The van der Waals surface area contributed by atoms with Gasteiger partial charge in [0, 0.05) is 11.4 Å². The van der Waals surface area contributed by atoms with Crippen LogP contribution in [-0.4, -0.2) is 13.2 Å². The van der Waals surface area contributed by atoms with Gasteiger partial charge >= 0.3 is 0 Å². The van der Waals surface area contributed by atoms with E-state index in [1.54, 1.807) is 13.0 Å². The average molecular weight is 287 g/mol. The van der Waals surface area contributed by atoms with E-state index in [9.17, 15) is 4.39 Å². The van der Waals surface area contributed by atoms with Gasteiger partial charge in [0.05, 0.1) is 6.61 Å². The van der Waals surface area contributed by atoms with Crippen molar-refractivity contribution in [3.8, 4) is 0 Å². The summed E-state index contributed by atoms with van der Waals surface area (Å²) in [5, 5.41) is 0. The second kappa shape index (κ2) is 5.28. The molecule has 1 fully saturated rings. The van der Waals surface area contributed by atoms with Crippen LogP contribution in [0.1, 0.15) is 28.8 Å². The maximum Gasteiger partial charge on any atom is 0.126 e. The maximum absolute atomic E-state index is 13.2. The topological polar surface area (TPSA) is 9.23 Å². The summed E-state index contributed by atoms with van der Waals surface area (Å²) < 4.78 is 18.6. The number of alkyl halides is 1. The summed E-state index contributed by atoms with van der Waals surface area (Å²) in [7, 11) is 0. The van der Waals surface area contributed by atoms with Crippen LogP contribution in [0.3, 0.4) is 0 Å². The van der Waals surface area contributed by atoms with Crippen molar-refractivity contribution in [2.75, 3.05) is 13.2 Å². The van der Waals surface area contributed by atoms with E-state index in [4.69, 9.17) is 4.74 Å². The number of rotatable bonds is 2. The molecule has 2 unspecified atom stereocenters. The number of aryl methyl sites for hydroxylation is 1. The molecule has 1 aromatic rings. The highest BCUT2D eigenvalue weighted by Gasteiger charge is 2.23. The van der Waals surface area contributed by atoms with Gasteiger partial charge in [0.15, 0.2) is 0 Å². The van der Waals surface area contributed by atoms with Crippen molar-refractivity contribution in [1.82, 2.24) is 0 Å². The molecule has 1 nitrogen and oxygen atoms in total. The molecule has 2 atom stereocenters. The number of hydrogen-bond donors (Lipinski definition) is 0. The van der Waals surface area contributed by atoms with Crippen LogP contribution in [0.25, 0.3) is 0 Å². The first-order valence-corrected chi connectivity index (χ1v) is 6.58. The van der Waals surface area contributed by atoms with Gasteiger partial charge in [-0.05, 0) is 42.9 Å². The highest BCUT2D eigenvalue weighted by molar-refractivity contribution is 9.09. The Balaban J connectivity index is 2.12. The average Bonchev–Trinajstić information content (AvgIpc) is 2.33. The highest BCUT2D eigenvalue weighted by atomic mass is 79.9. The summed E-state index contributed by atoms with van der Waals surface area (Å²) >= 11 is 3.70. The Kier molecular flexibility index (Phi) is 3.98. The minimum Gasteiger partial charge on any atom is -0.381 e. The number of benzene rings is 1. The van der Waals surface area contributed by atoms with Gasteiger partial charge in [-0.3, -0.25) is 0 Å². The second-order valence-electron chi connectivity index (χ2n) is 4.39. The molecule has 0 bridgehead atoms. The molecule has 0 aliphatic carbocycles. The summed E-state index contributed by atoms with van der Waals surface area (Å²) in [4.78, 5) is 0.270. The van der Waals surface area contributed by atoms with E-state index in [1.807, 2.05) is 12.1 Å². The van der Waals surface area contributed by atoms with Crippen LogP contribution < -0.4 is 0 Å². The molecule has 1 saturated heterocycles. The first kappa shape index (κ1) is 12.1. The van der Waals surface area contributed by atoms with Crippen molar-refractivity contribution in [3.05, 3.63) is 35.1 Å². The molecule has 88 valence electrons. The predicted molar refractivity (Wildman–Crippen MR) is 66.3 cm³/mol. The SMILES string of the molecule is Cc1cc(C(Br)C2CCCOC2)ccc1F. The quantitative estimate of drug-likeness (QED) is 0.747. The fourth-order valence-electron chi connectivity index (χ4n) is 2.11. The van der Waals surface area contributed by atoms with Crippen LogP contribution in [0, 0.1) is 18.7 Å². The lowest BCUT2D eigenvalue weighted by molar-refractivity contribution is 0.0546. The number of ether oxygens (including phenoxy) is 1. The Morgan fingerprint density at radius 1 is 1.50 bits per heavy atom. The predicted octanol–water partition coefficient (Wildman–Crippen LogP) is 4.00. The number of halogens is 2. The van der Waals surface area contributed by atoms with Crippen molar-refractivity contribution < 1.29 is 9.13 Å². The molecular weight excluding hydrogens is 271 g/mol. The largest absolute Gasteiger partial charge is 0.381 e. The third-order valence-corrected chi connectivity index (χ3v) is 4.39. The van der Waals surface area contributed by atoms with Crippen LogP contribution in [-0.2, 0) is 4.74 Å². The summed E-state index contributed by atoms with van der Waals surface area (Å²) in [6.45, 7) is 3.47. The van der Waals surface area contributed by atoms with Gasteiger partial charge in [0.1, 0.15) is 5.82 Å². The van der Waals surface area contributed by atoms with Crippen molar-refractivity contribution in [1.29, 1.82) is 0 Å². The van der Waals surface area contributed by atoms with E-state index in [2.05, 4.69) is 15.9 Å². The zero-order chi connectivity index (χ0) is 11.5.